The van der Waals surface area contributed by atoms with E-state index in [2.05, 4.69) is 10.6 Å². The van der Waals surface area contributed by atoms with Gasteiger partial charge in [0, 0.05) is 13.6 Å². The van der Waals surface area contributed by atoms with Gasteiger partial charge in [-0.3, -0.25) is 4.79 Å². The van der Waals surface area contributed by atoms with Gasteiger partial charge in [0.1, 0.15) is 12.6 Å². The van der Waals surface area contributed by atoms with Gasteiger partial charge in [-0.2, -0.15) is 0 Å². The van der Waals surface area contributed by atoms with Crippen molar-refractivity contribution >= 4 is 17.9 Å². The highest BCUT2D eigenvalue weighted by atomic mass is 16.4. The number of likely N-dealkylation sites (N-methyl/N-ethyl adjacent to an activating group) is 2. The van der Waals surface area contributed by atoms with Gasteiger partial charge in [0.25, 0.3) is 0 Å². The first-order valence-electron chi connectivity index (χ1n) is 5.93. The van der Waals surface area contributed by atoms with E-state index in [0.717, 1.165) is 4.90 Å². The lowest BCUT2D eigenvalue weighted by atomic mass is 10.2. The summed E-state index contributed by atoms with van der Waals surface area (Å²) < 4.78 is 0. The van der Waals surface area contributed by atoms with E-state index in [0.29, 0.717) is 19.4 Å². The Labute approximate surface area is 107 Å². The van der Waals surface area contributed by atoms with Gasteiger partial charge in [0.15, 0.2) is 0 Å². The maximum atomic E-state index is 11.6. The minimum atomic E-state index is -1.07. The van der Waals surface area contributed by atoms with Crippen LogP contribution in [0.25, 0.3) is 0 Å². The number of nitrogens with zero attached hydrogens (tertiary/aromatic N) is 1. The van der Waals surface area contributed by atoms with Crippen LogP contribution >= 0.6 is 0 Å². The number of hydrogen-bond acceptors (Lipinski definition) is 3. The Balaban J connectivity index is 4.28. The normalized spacial score (nSPS) is 11.5. The number of carbonyl (C=O) groups excluding carboxylic acids is 2. The molecule has 0 unspecified atom stereocenters. The molecule has 0 aromatic rings. The third kappa shape index (κ3) is 6.07. The largest absolute Gasteiger partial charge is 0.480 e. The van der Waals surface area contributed by atoms with Crippen molar-refractivity contribution < 1.29 is 19.5 Å². The van der Waals surface area contributed by atoms with E-state index >= 15 is 0 Å². The average Bonchev–Trinajstić information content (AvgIpc) is 2.28. The lowest BCUT2D eigenvalue weighted by molar-refractivity contribution is -0.139. The molecule has 0 saturated carbocycles. The van der Waals surface area contributed by atoms with Gasteiger partial charge in [-0.05, 0) is 13.3 Å². The zero-order valence-electron chi connectivity index (χ0n) is 11.0. The van der Waals surface area contributed by atoms with Crippen molar-refractivity contribution in [3.05, 3.63) is 0 Å². The van der Waals surface area contributed by atoms with E-state index in [9.17, 15) is 14.4 Å². The summed E-state index contributed by atoms with van der Waals surface area (Å²) in [7, 11) is 1.44. The van der Waals surface area contributed by atoms with Crippen molar-refractivity contribution in [2.24, 2.45) is 0 Å². The maximum absolute atomic E-state index is 11.6. The standard InChI is InChI=1S/C11H21N3O4/c1-4-6-8(10(16)17)13-11(18)14(3)7-9(15)12-5-2/h8H,4-7H2,1-3H3,(H,12,15)(H,13,18)(H,16,17)/t8-/m0/s1. The van der Waals surface area contributed by atoms with E-state index < -0.39 is 18.0 Å². The summed E-state index contributed by atoms with van der Waals surface area (Å²) in [5.74, 6) is -1.35. The second-order valence-corrected chi connectivity index (χ2v) is 3.94. The van der Waals surface area contributed by atoms with Crippen LogP contribution in [0.4, 0.5) is 4.79 Å². The Morgan fingerprint density at radius 3 is 2.33 bits per heavy atom. The number of carbonyl (C=O) groups is 3. The van der Waals surface area contributed by atoms with Crippen molar-refractivity contribution in [1.29, 1.82) is 0 Å². The molecule has 0 spiro atoms. The summed E-state index contributed by atoms with van der Waals surface area (Å²) in [6.07, 6.45) is 1.01. The van der Waals surface area contributed by atoms with Crippen molar-refractivity contribution in [3.8, 4) is 0 Å². The summed E-state index contributed by atoms with van der Waals surface area (Å²) in [5.41, 5.74) is 0. The molecular formula is C11H21N3O4. The van der Waals surface area contributed by atoms with Crippen LogP contribution < -0.4 is 10.6 Å². The first kappa shape index (κ1) is 16.2. The molecule has 0 saturated heterocycles. The molecule has 0 aromatic heterocycles. The second kappa shape index (κ2) is 8.32. The first-order chi connectivity index (χ1) is 8.42. The fraction of sp³-hybridized carbons (Fsp3) is 0.727. The number of nitrogens with one attached hydrogen (secondary N) is 2. The van der Waals surface area contributed by atoms with Crippen molar-refractivity contribution in [3.63, 3.8) is 0 Å². The molecule has 0 aliphatic carbocycles. The Hall–Kier alpha value is -1.79. The highest BCUT2D eigenvalue weighted by Gasteiger charge is 2.21. The molecule has 0 aliphatic heterocycles. The van der Waals surface area contributed by atoms with E-state index in [1.807, 2.05) is 6.92 Å². The molecule has 18 heavy (non-hydrogen) atoms. The molecule has 0 radical (unpaired) electrons. The molecule has 3 amide bonds. The number of urea groups is 1. The molecule has 0 aromatic carbocycles. The quantitative estimate of drug-likeness (QED) is 0.600. The van der Waals surface area contributed by atoms with Gasteiger partial charge in [-0.15, -0.1) is 0 Å². The fourth-order valence-corrected chi connectivity index (χ4v) is 1.35. The molecule has 0 bridgehead atoms. The van der Waals surface area contributed by atoms with Crippen LogP contribution in [0.2, 0.25) is 0 Å². The van der Waals surface area contributed by atoms with E-state index in [1.54, 1.807) is 6.92 Å². The second-order valence-electron chi connectivity index (χ2n) is 3.94. The number of carboxylic acid groups (broad SMARTS) is 1. The average molecular weight is 259 g/mol. The van der Waals surface area contributed by atoms with Gasteiger partial charge in [-0.25, -0.2) is 9.59 Å². The molecular weight excluding hydrogens is 238 g/mol. The maximum Gasteiger partial charge on any atom is 0.326 e. The molecule has 1 atom stereocenters. The highest BCUT2D eigenvalue weighted by molar-refractivity contribution is 5.86. The van der Waals surface area contributed by atoms with E-state index in [-0.39, 0.29) is 12.5 Å². The number of carboxylic acids is 1. The lowest BCUT2D eigenvalue weighted by Gasteiger charge is -2.20. The van der Waals surface area contributed by atoms with Crippen LogP contribution in [-0.2, 0) is 9.59 Å². The third-order valence-corrected chi connectivity index (χ3v) is 2.27. The van der Waals surface area contributed by atoms with Crippen LogP contribution in [0.3, 0.4) is 0 Å². The van der Waals surface area contributed by atoms with Crippen molar-refractivity contribution in [2.75, 3.05) is 20.1 Å². The molecule has 7 nitrogen and oxygen atoms in total. The predicted molar refractivity (Wildman–Crippen MR) is 66.2 cm³/mol. The zero-order chi connectivity index (χ0) is 14.1. The summed E-state index contributed by atoms with van der Waals surface area (Å²) in [6.45, 7) is 4.00. The molecule has 0 fully saturated rings. The van der Waals surface area contributed by atoms with Gasteiger partial charge in [-0.1, -0.05) is 13.3 Å². The number of amides is 3. The summed E-state index contributed by atoms with van der Waals surface area (Å²) in [5, 5.41) is 13.8. The molecule has 7 heteroatoms. The van der Waals surface area contributed by atoms with Crippen LogP contribution in [-0.4, -0.2) is 54.1 Å². The summed E-state index contributed by atoms with van der Waals surface area (Å²) >= 11 is 0. The topological polar surface area (TPSA) is 98.7 Å². The summed E-state index contributed by atoms with van der Waals surface area (Å²) in [6, 6.07) is -1.48. The predicted octanol–water partition coefficient (Wildman–Crippen LogP) is 0.0172. The minimum Gasteiger partial charge on any atom is -0.480 e. The van der Waals surface area contributed by atoms with Gasteiger partial charge < -0.3 is 20.6 Å². The molecule has 104 valence electrons. The van der Waals surface area contributed by atoms with Crippen molar-refractivity contribution in [2.45, 2.75) is 32.7 Å². The Morgan fingerprint density at radius 1 is 1.28 bits per heavy atom. The van der Waals surface area contributed by atoms with Crippen LogP contribution in [0.1, 0.15) is 26.7 Å². The van der Waals surface area contributed by atoms with Crippen LogP contribution in [0.15, 0.2) is 0 Å². The minimum absolute atomic E-state index is 0.0991. The number of aliphatic carboxylic acids is 1. The molecule has 0 aliphatic rings. The number of hydrogen-bond donors (Lipinski definition) is 3. The zero-order valence-corrected chi connectivity index (χ0v) is 11.0. The SMILES string of the molecule is CCC[C@H](NC(=O)N(C)CC(=O)NCC)C(=O)O. The monoisotopic (exact) mass is 259 g/mol. The Bertz CT molecular complexity index is 307. The van der Waals surface area contributed by atoms with Gasteiger partial charge >= 0.3 is 12.0 Å². The Morgan fingerprint density at radius 2 is 1.89 bits per heavy atom. The number of rotatable bonds is 7. The molecule has 3 N–H and O–H groups in total. The molecule has 0 heterocycles. The van der Waals surface area contributed by atoms with Crippen LogP contribution in [0, 0.1) is 0 Å². The first-order valence-corrected chi connectivity index (χ1v) is 5.93. The van der Waals surface area contributed by atoms with E-state index in [1.165, 1.54) is 7.05 Å². The van der Waals surface area contributed by atoms with Gasteiger partial charge in [0.05, 0.1) is 0 Å². The molecule has 0 rings (SSSR count). The smallest absolute Gasteiger partial charge is 0.326 e. The lowest BCUT2D eigenvalue weighted by Crippen LogP contribution is -2.49. The van der Waals surface area contributed by atoms with Crippen molar-refractivity contribution in [1.82, 2.24) is 15.5 Å². The Kier molecular flexibility index (Phi) is 7.50. The van der Waals surface area contributed by atoms with Gasteiger partial charge in [0.2, 0.25) is 5.91 Å². The third-order valence-electron chi connectivity index (χ3n) is 2.27. The fourth-order valence-electron chi connectivity index (χ4n) is 1.35. The van der Waals surface area contributed by atoms with E-state index in [4.69, 9.17) is 5.11 Å². The summed E-state index contributed by atoms with van der Waals surface area (Å²) in [4.78, 5) is 34.9. The highest BCUT2D eigenvalue weighted by Crippen LogP contribution is 1.98. The van der Waals surface area contributed by atoms with Crippen LogP contribution in [0.5, 0.6) is 0 Å².